The SMILES string of the molecule is COc1ccc(N2C(=O)CCS2(=O)=O)cc1S(=O)(=O)NCC(c1ccc(C)cc1)N(C)C. The van der Waals surface area contributed by atoms with E-state index < -0.39 is 26.0 Å². The first kappa shape index (κ1) is 24.2. The number of amides is 1. The Morgan fingerprint density at radius 3 is 2.34 bits per heavy atom. The molecule has 174 valence electrons. The maximum atomic E-state index is 13.2. The van der Waals surface area contributed by atoms with Gasteiger partial charge in [0.2, 0.25) is 26.0 Å². The minimum Gasteiger partial charge on any atom is -0.495 e. The number of hydrogen-bond acceptors (Lipinski definition) is 7. The number of carbonyl (C=O) groups is 1. The molecule has 0 saturated carbocycles. The fourth-order valence-electron chi connectivity index (χ4n) is 3.52. The topological polar surface area (TPSA) is 113 Å². The molecule has 1 amide bonds. The number of sulfonamides is 2. The number of methoxy groups -OCH3 is 1. The van der Waals surface area contributed by atoms with Crippen molar-refractivity contribution < 1.29 is 26.4 Å². The lowest BCUT2D eigenvalue weighted by molar-refractivity contribution is -0.116. The van der Waals surface area contributed by atoms with Gasteiger partial charge in [0, 0.05) is 19.0 Å². The van der Waals surface area contributed by atoms with Gasteiger partial charge < -0.3 is 9.64 Å². The summed E-state index contributed by atoms with van der Waals surface area (Å²) in [4.78, 5) is 13.8. The maximum absolute atomic E-state index is 13.2. The van der Waals surface area contributed by atoms with Crippen molar-refractivity contribution in [1.82, 2.24) is 9.62 Å². The minimum atomic E-state index is -4.09. The highest BCUT2D eigenvalue weighted by atomic mass is 32.2. The Kier molecular flexibility index (Phi) is 6.94. The molecule has 1 atom stereocenters. The van der Waals surface area contributed by atoms with E-state index in [2.05, 4.69) is 4.72 Å². The van der Waals surface area contributed by atoms with Gasteiger partial charge in [-0.25, -0.2) is 25.9 Å². The van der Waals surface area contributed by atoms with Gasteiger partial charge in [0.1, 0.15) is 10.6 Å². The average Bonchev–Trinajstić information content (AvgIpc) is 3.01. The number of anilines is 1. The van der Waals surface area contributed by atoms with E-state index in [9.17, 15) is 21.6 Å². The smallest absolute Gasteiger partial charge is 0.244 e. The molecular weight excluding hydrogens is 454 g/mol. The molecule has 3 rings (SSSR count). The van der Waals surface area contributed by atoms with Crippen LogP contribution in [0.25, 0.3) is 0 Å². The van der Waals surface area contributed by atoms with Crippen molar-refractivity contribution in [3.8, 4) is 5.75 Å². The third-order valence-corrected chi connectivity index (χ3v) is 8.44. The van der Waals surface area contributed by atoms with Crippen molar-refractivity contribution in [3.05, 3.63) is 53.6 Å². The number of benzene rings is 2. The maximum Gasteiger partial charge on any atom is 0.244 e. The van der Waals surface area contributed by atoms with Gasteiger partial charge in [0.25, 0.3) is 0 Å². The zero-order valence-electron chi connectivity index (χ0n) is 18.4. The molecule has 0 aliphatic carbocycles. The van der Waals surface area contributed by atoms with Crippen molar-refractivity contribution in [2.45, 2.75) is 24.3 Å². The molecule has 0 spiro atoms. The summed E-state index contributed by atoms with van der Waals surface area (Å²) in [5.41, 5.74) is 2.01. The quantitative estimate of drug-likeness (QED) is 0.610. The molecule has 0 aromatic heterocycles. The van der Waals surface area contributed by atoms with Crippen LogP contribution in [0.1, 0.15) is 23.6 Å². The van der Waals surface area contributed by atoms with Gasteiger partial charge in [0.05, 0.1) is 18.6 Å². The van der Waals surface area contributed by atoms with Gasteiger partial charge in [0.15, 0.2) is 0 Å². The van der Waals surface area contributed by atoms with Crippen LogP contribution in [-0.4, -0.2) is 61.1 Å². The zero-order chi connectivity index (χ0) is 23.7. The van der Waals surface area contributed by atoms with Gasteiger partial charge >= 0.3 is 0 Å². The van der Waals surface area contributed by atoms with Gasteiger partial charge in [-0.3, -0.25) is 4.79 Å². The van der Waals surface area contributed by atoms with Crippen molar-refractivity contribution in [2.24, 2.45) is 0 Å². The Morgan fingerprint density at radius 1 is 1.16 bits per heavy atom. The van der Waals surface area contributed by atoms with Crippen LogP contribution in [0.2, 0.25) is 0 Å². The van der Waals surface area contributed by atoms with Crippen LogP contribution in [0.15, 0.2) is 47.4 Å². The Morgan fingerprint density at radius 2 is 1.81 bits per heavy atom. The zero-order valence-corrected chi connectivity index (χ0v) is 20.0. The number of rotatable bonds is 8. The summed E-state index contributed by atoms with van der Waals surface area (Å²) >= 11 is 0. The molecule has 1 N–H and O–H groups in total. The molecule has 9 nitrogen and oxygen atoms in total. The Labute approximate surface area is 189 Å². The number of likely N-dealkylation sites (N-methyl/N-ethyl adjacent to an activating group) is 1. The summed E-state index contributed by atoms with van der Waals surface area (Å²) in [5.74, 6) is -0.861. The second-order valence-electron chi connectivity index (χ2n) is 7.80. The van der Waals surface area contributed by atoms with Crippen LogP contribution in [-0.2, 0) is 24.8 Å². The van der Waals surface area contributed by atoms with Crippen LogP contribution in [0.3, 0.4) is 0 Å². The molecule has 0 radical (unpaired) electrons. The summed E-state index contributed by atoms with van der Waals surface area (Å²) in [6.07, 6.45) is -0.143. The molecule has 0 bridgehead atoms. The van der Waals surface area contributed by atoms with E-state index in [1.807, 2.05) is 50.2 Å². The molecule has 2 aromatic carbocycles. The van der Waals surface area contributed by atoms with Gasteiger partial charge in [-0.2, -0.15) is 0 Å². The van der Waals surface area contributed by atoms with E-state index in [0.717, 1.165) is 17.2 Å². The summed E-state index contributed by atoms with van der Waals surface area (Å²) in [6.45, 7) is 2.05. The Hall–Kier alpha value is -2.47. The largest absolute Gasteiger partial charge is 0.495 e. The molecular formula is C21H27N3O6S2. The number of hydrogen-bond donors (Lipinski definition) is 1. The van der Waals surface area contributed by atoms with Crippen LogP contribution >= 0.6 is 0 Å². The predicted molar refractivity (Wildman–Crippen MR) is 122 cm³/mol. The second kappa shape index (κ2) is 9.18. The Bertz CT molecular complexity index is 1210. The fraction of sp³-hybridized carbons (Fsp3) is 0.381. The number of carbonyl (C=O) groups excluding carboxylic acids is 1. The Balaban J connectivity index is 1.93. The molecule has 32 heavy (non-hydrogen) atoms. The highest BCUT2D eigenvalue weighted by Gasteiger charge is 2.37. The van der Waals surface area contributed by atoms with E-state index >= 15 is 0 Å². The summed E-state index contributed by atoms with van der Waals surface area (Å²) in [7, 11) is -2.89. The fourth-order valence-corrected chi connectivity index (χ4v) is 6.20. The van der Waals surface area contributed by atoms with E-state index in [4.69, 9.17) is 4.74 Å². The molecule has 11 heteroatoms. The first-order chi connectivity index (χ1) is 15.0. The van der Waals surface area contributed by atoms with Crippen LogP contribution in [0.5, 0.6) is 5.75 Å². The van der Waals surface area contributed by atoms with Crippen molar-refractivity contribution in [1.29, 1.82) is 0 Å². The standard InChI is InChI=1S/C21H27N3O6S2/c1-15-5-7-16(8-6-15)18(23(2)3)14-22-32(28,29)20-13-17(9-10-19(20)30-4)24-21(25)11-12-31(24,26)27/h5-10,13,18,22H,11-12,14H2,1-4H3. The van der Waals surface area contributed by atoms with Gasteiger partial charge in [-0.15, -0.1) is 0 Å². The minimum absolute atomic E-state index is 0.0311. The highest BCUT2D eigenvalue weighted by molar-refractivity contribution is 7.94. The third-order valence-electron chi connectivity index (χ3n) is 5.30. The lowest BCUT2D eigenvalue weighted by Gasteiger charge is -2.25. The molecule has 2 aromatic rings. The van der Waals surface area contributed by atoms with Gasteiger partial charge in [-0.05, 0) is 44.8 Å². The van der Waals surface area contributed by atoms with Crippen LogP contribution < -0.4 is 13.8 Å². The molecule has 1 unspecified atom stereocenters. The van der Waals surface area contributed by atoms with E-state index in [1.54, 1.807) is 0 Å². The number of nitrogens with one attached hydrogen (secondary N) is 1. The number of aryl methyl sites for hydroxylation is 1. The predicted octanol–water partition coefficient (Wildman–Crippen LogP) is 1.65. The average molecular weight is 482 g/mol. The first-order valence-corrected chi connectivity index (χ1v) is 13.0. The molecule has 1 fully saturated rings. The van der Waals surface area contributed by atoms with Gasteiger partial charge in [-0.1, -0.05) is 29.8 Å². The second-order valence-corrected chi connectivity index (χ2v) is 11.5. The first-order valence-electron chi connectivity index (χ1n) is 9.93. The summed E-state index contributed by atoms with van der Waals surface area (Å²) < 4.78 is 59.3. The van der Waals surface area contributed by atoms with E-state index in [-0.39, 0.29) is 41.1 Å². The van der Waals surface area contributed by atoms with Crippen molar-refractivity contribution >= 4 is 31.6 Å². The van der Waals surface area contributed by atoms with Crippen molar-refractivity contribution in [3.63, 3.8) is 0 Å². The molecule has 1 heterocycles. The van der Waals surface area contributed by atoms with Crippen LogP contribution in [0, 0.1) is 6.92 Å². The van der Waals surface area contributed by atoms with Crippen LogP contribution in [0.4, 0.5) is 5.69 Å². The van der Waals surface area contributed by atoms with E-state index in [1.165, 1.54) is 19.2 Å². The number of ether oxygens (including phenoxy) is 1. The van der Waals surface area contributed by atoms with E-state index in [0.29, 0.717) is 4.31 Å². The molecule has 1 aliphatic heterocycles. The molecule has 1 aliphatic rings. The lowest BCUT2D eigenvalue weighted by Crippen LogP contribution is -2.35. The summed E-state index contributed by atoms with van der Waals surface area (Å²) in [5, 5.41) is 0. The highest BCUT2D eigenvalue weighted by Crippen LogP contribution is 2.32. The monoisotopic (exact) mass is 481 g/mol. The summed E-state index contributed by atoms with van der Waals surface area (Å²) in [6, 6.07) is 11.4. The molecule has 1 saturated heterocycles. The normalized spacial score (nSPS) is 17.0. The van der Waals surface area contributed by atoms with Crippen molar-refractivity contribution in [2.75, 3.05) is 37.8 Å². The number of nitrogens with zero attached hydrogens (tertiary/aromatic N) is 2. The third kappa shape index (κ3) is 4.96. The lowest BCUT2D eigenvalue weighted by atomic mass is 10.0.